The van der Waals surface area contributed by atoms with E-state index in [1.807, 2.05) is 24.3 Å². The van der Waals surface area contributed by atoms with Gasteiger partial charge in [0.05, 0.1) is 0 Å². The Bertz CT molecular complexity index is 4490. The van der Waals surface area contributed by atoms with Crippen LogP contribution in [-0.2, 0) is 0 Å². The van der Waals surface area contributed by atoms with Crippen molar-refractivity contribution in [1.82, 2.24) is 0 Å². The summed E-state index contributed by atoms with van der Waals surface area (Å²) in [6, 6.07) is 72.1. The predicted octanol–water partition coefficient (Wildman–Crippen LogP) is 21.1. The number of rotatable bonds is 8. The van der Waals surface area contributed by atoms with E-state index in [0.29, 0.717) is 11.8 Å². The molecule has 75 heavy (non-hydrogen) atoms. The second kappa shape index (κ2) is 16.4. The molecule has 0 aliphatic rings. The first-order chi connectivity index (χ1) is 36.7. The Morgan fingerprint density at radius 1 is 0.280 bits per heavy atom. The van der Waals surface area contributed by atoms with Gasteiger partial charge in [-0.25, -0.2) is 0 Å². The van der Waals surface area contributed by atoms with Gasteiger partial charge in [-0.15, -0.1) is 0 Å². The van der Waals surface area contributed by atoms with E-state index in [1.54, 1.807) is 0 Å². The number of para-hydroxylation sites is 2. The molecule has 360 valence electrons. The topological polar surface area (TPSA) is 59.0 Å². The Labute approximate surface area is 432 Å². The predicted molar refractivity (Wildman–Crippen MR) is 313 cm³/mol. The van der Waals surface area contributed by atoms with E-state index in [-0.39, 0.29) is 0 Å². The molecule has 6 heteroatoms. The highest BCUT2D eigenvalue weighted by Gasteiger charge is 2.22. The molecule has 4 aromatic heterocycles. The first kappa shape index (κ1) is 43.3. The number of hydrogen-bond donors (Lipinski definition) is 0. The van der Waals surface area contributed by atoms with Crippen molar-refractivity contribution in [2.24, 2.45) is 0 Å². The molecule has 0 spiro atoms. The van der Waals surface area contributed by atoms with Crippen molar-refractivity contribution in [1.29, 1.82) is 0 Å². The highest BCUT2D eigenvalue weighted by molar-refractivity contribution is 6.20. The fourth-order valence-electron chi connectivity index (χ4n) is 11.7. The molecule has 0 N–H and O–H groups in total. The van der Waals surface area contributed by atoms with E-state index in [4.69, 9.17) is 17.7 Å². The highest BCUT2D eigenvalue weighted by Crippen LogP contribution is 2.46. The van der Waals surface area contributed by atoms with Crippen molar-refractivity contribution in [3.63, 3.8) is 0 Å². The number of hydrogen-bond acceptors (Lipinski definition) is 6. The lowest BCUT2D eigenvalue weighted by molar-refractivity contribution is 0.651. The molecule has 0 bridgehead atoms. The van der Waals surface area contributed by atoms with E-state index in [1.165, 1.54) is 11.1 Å². The maximum Gasteiger partial charge on any atom is 0.142 e. The van der Waals surface area contributed by atoms with Crippen LogP contribution < -0.4 is 9.80 Å². The van der Waals surface area contributed by atoms with E-state index < -0.39 is 0 Å². The summed E-state index contributed by atoms with van der Waals surface area (Å²) in [5.41, 5.74) is 16.9. The number of fused-ring (bicyclic) bond motifs is 14. The average molecular weight is 971 g/mol. The van der Waals surface area contributed by atoms with E-state index in [2.05, 4.69) is 220 Å². The lowest BCUT2D eigenvalue weighted by atomic mass is 10.00. The zero-order chi connectivity index (χ0) is 50.2. The molecule has 0 atom stereocenters. The molecular formula is C69H50N2O4. The fourth-order valence-corrected chi connectivity index (χ4v) is 11.7. The largest absolute Gasteiger partial charge is 0.456 e. The summed E-state index contributed by atoms with van der Waals surface area (Å²) in [4.78, 5) is 4.68. The van der Waals surface area contributed by atoms with Crippen molar-refractivity contribution in [3.8, 4) is 0 Å². The monoisotopic (exact) mass is 970 g/mol. The molecule has 0 saturated carbocycles. The van der Waals surface area contributed by atoms with Gasteiger partial charge < -0.3 is 27.5 Å². The highest BCUT2D eigenvalue weighted by atomic mass is 16.3. The molecule has 0 saturated heterocycles. The SMILES string of the molecule is Cc1c2oc3cc4cc(N(c5ccc(C(C)C)cc5)c5ccc6oc7ccccc7c6c5)ccc4cc3c2cc2c1oc1cc3cc(N(c4ccc(C(C)C)cc4)c4ccc5oc6ccccc6c5c4)ccc3cc12. The fraction of sp³-hybridized carbons (Fsp3) is 0.101. The number of aryl methyl sites for hydroxylation is 1. The summed E-state index contributed by atoms with van der Waals surface area (Å²) in [6.45, 7) is 11.1. The normalized spacial score (nSPS) is 12.3. The van der Waals surface area contributed by atoms with Crippen LogP contribution in [0.25, 0.3) is 109 Å². The first-order valence-corrected chi connectivity index (χ1v) is 26.0. The third-order valence-electron chi connectivity index (χ3n) is 15.7. The molecule has 0 unspecified atom stereocenters. The molecule has 6 nitrogen and oxygen atoms in total. The first-order valence-electron chi connectivity index (χ1n) is 26.0. The van der Waals surface area contributed by atoms with Crippen LogP contribution in [0.2, 0.25) is 0 Å². The Kier molecular flexibility index (Phi) is 9.46. The van der Waals surface area contributed by atoms with Crippen LogP contribution in [0.4, 0.5) is 34.1 Å². The molecule has 0 aliphatic carbocycles. The molecule has 15 rings (SSSR count). The Balaban J connectivity index is 0.829. The van der Waals surface area contributed by atoms with Crippen molar-refractivity contribution in [3.05, 3.63) is 217 Å². The van der Waals surface area contributed by atoms with Gasteiger partial charge in [0.2, 0.25) is 0 Å². The zero-order valence-corrected chi connectivity index (χ0v) is 42.2. The van der Waals surface area contributed by atoms with Crippen molar-refractivity contribution in [2.45, 2.75) is 46.5 Å². The minimum atomic E-state index is 0.433. The molecule has 0 fully saturated rings. The minimum absolute atomic E-state index is 0.433. The maximum atomic E-state index is 6.85. The van der Waals surface area contributed by atoms with Gasteiger partial charge in [0.25, 0.3) is 0 Å². The van der Waals surface area contributed by atoms with Crippen molar-refractivity contribution >= 4 is 143 Å². The van der Waals surface area contributed by atoms with Gasteiger partial charge in [-0.3, -0.25) is 0 Å². The molecule has 4 heterocycles. The van der Waals surface area contributed by atoms with Gasteiger partial charge in [0, 0.05) is 82.8 Å². The second-order valence-electron chi connectivity index (χ2n) is 20.9. The lowest BCUT2D eigenvalue weighted by Crippen LogP contribution is -2.10. The zero-order valence-electron chi connectivity index (χ0n) is 42.2. The van der Waals surface area contributed by atoms with Gasteiger partial charge in [0.1, 0.15) is 44.7 Å². The second-order valence-corrected chi connectivity index (χ2v) is 20.9. The van der Waals surface area contributed by atoms with Crippen LogP contribution in [0, 0.1) is 6.92 Å². The molecule has 11 aromatic carbocycles. The van der Waals surface area contributed by atoms with Crippen LogP contribution in [0.5, 0.6) is 0 Å². The molecule has 0 aliphatic heterocycles. The standard InChI is InChI=1S/C69H50N2O4/c1-39(2)42-14-20-48(21-15-42)70(52-26-28-64-58(36-52)54-10-6-8-12-62(54)72-64)50-24-18-44-32-56-60-38-61-57-33-45-19-25-51(31-47(45)35-67(57)75-69(61)41(5)68(60)74-66(56)34-46(44)30-50)71(49-22-16-43(17-23-49)40(3)4)53-27-29-65-59(37-53)55-11-7-9-13-63(55)73-65/h6-40H,1-5H3. The maximum absolute atomic E-state index is 6.85. The summed E-state index contributed by atoms with van der Waals surface area (Å²) in [5, 5.41) is 13.2. The molecular weight excluding hydrogens is 921 g/mol. The van der Waals surface area contributed by atoms with E-state index in [9.17, 15) is 0 Å². The van der Waals surface area contributed by atoms with Gasteiger partial charge >= 0.3 is 0 Å². The van der Waals surface area contributed by atoms with Gasteiger partial charge in [-0.2, -0.15) is 0 Å². The quantitative estimate of drug-likeness (QED) is 0.151. The Morgan fingerprint density at radius 3 is 1.09 bits per heavy atom. The smallest absolute Gasteiger partial charge is 0.142 e. The van der Waals surface area contributed by atoms with E-state index in [0.717, 1.165) is 149 Å². The summed E-state index contributed by atoms with van der Waals surface area (Å²) < 4.78 is 26.2. The van der Waals surface area contributed by atoms with Crippen LogP contribution in [0.1, 0.15) is 56.2 Å². The summed E-state index contributed by atoms with van der Waals surface area (Å²) in [7, 11) is 0. The number of benzene rings is 11. The minimum Gasteiger partial charge on any atom is -0.456 e. The van der Waals surface area contributed by atoms with Crippen LogP contribution in [-0.4, -0.2) is 0 Å². The summed E-state index contributed by atoms with van der Waals surface area (Å²) in [5.74, 6) is 0.865. The van der Waals surface area contributed by atoms with Crippen molar-refractivity contribution < 1.29 is 17.7 Å². The van der Waals surface area contributed by atoms with E-state index >= 15 is 0 Å². The Hall–Kier alpha value is -9.26. The van der Waals surface area contributed by atoms with Crippen LogP contribution >= 0.6 is 0 Å². The number of furan rings is 4. The average Bonchev–Trinajstić information content (AvgIpc) is 4.22. The molecule has 0 amide bonds. The van der Waals surface area contributed by atoms with Gasteiger partial charge in [-0.1, -0.05) is 100 Å². The molecule has 15 aromatic rings. The van der Waals surface area contributed by atoms with Gasteiger partial charge in [0.15, 0.2) is 0 Å². The van der Waals surface area contributed by atoms with Crippen molar-refractivity contribution in [2.75, 3.05) is 9.80 Å². The lowest BCUT2D eigenvalue weighted by Gasteiger charge is -2.26. The van der Waals surface area contributed by atoms with Crippen LogP contribution in [0.3, 0.4) is 0 Å². The van der Waals surface area contributed by atoms with Gasteiger partial charge in [-0.05, 0) is 179 Å². The Morgan fingerprint density at radius 2 is 0.653 bits per heavy atom. The van der Waals surface area contributed by atoms with Crippen LogP contribution in [0.15, 0.2) is 218 Å². The summed E-state index contributed by atoms with van der Waals surface area (Å²) in [6.07, 6.45) is 0. The third kappa shape index (κ3) is 6.86. The third-order valence-corrected chi connectivity index (χ3v) is 15.7. The molecule has 0 radical (unpaired) electrons. The summed E-state index contributed by atoms with van der Waals surface area (Å²) >= 11 is 0. The number of anilines is 6. The number of nitrogens with zero attached hydrogens (tertiary/aromatic N) is 2.